The molecule has 2 heterocycles. The zero-order valence-corrected chi connectivity index (χ0v) is 9.37. The van der Waals surface area contributed by atoms with E-state index in [0.29, 0.717) is 11.4 Å². The number of pyridine rings is 1. The molecule has 0 radical (unpaired) electrons. The van der Waals surface area contributed by atoms with E-state index in [4.69, 9.17) is 0 Å². The summed E-state index contributed by atoms with van der Waals surface area (Å²) >= 11 is 0. The van der Waals surface area contributed by atoms with Crippen LogP contribution in [0.25, 0.3) is 11.4 Å². The third kappa shape index (κ3) is 2.03. The molecule has 5 nitrogen and oxygen atoms in total. The van der Waals surface area contributed by atoms with Crippen molar-refractivity contribution >= 4 is 0 Å². The first-order valence-corrected chi connectivity index (χ1v) is 5.31. The number of aromatic nitrogens is 4. The molecule has 0 aromatic carbocycles. The van der Waals surface area contributed by atoms with Crippen molar-refractivity contribution in [2.45, 2.75) is 26.7 Å². The molecule has 2 N–H and O–H groups in total. The second-order valence-corrected chi connectivity index (χ2v) is 3.75. The lowest BCUT2D eigenvalue weighted by Crippen LogP contribution is -2.06. The average molecular weight is 218 g/mol. The van der Waals surface area contributed by atoms with E-state index < -0.39 is 0 Å². The number of hydrogen-bond donors (Lipinski definition) is 2. The standard InChI is InChI=1S/C11H14N4O/c1-3-4-10-13-11(15-14-10)8-6-12-7(2)5-9(8)16/h5-6H,3-4H2,1-2H3,(H,12,16)(H,13,14,15). The summed E-state index contributed by atoms with van der Waals surface area (Å²) in [6.07, 6.45) is 3.49. The van der Waals surface area contributed by atoms with Gasteiger partial charge in [-0.15, -0.1) is 0 Å². The molecular formula is C11H14N4O. The highest BCUT2D eigenvalue weighted by Gasteiger charge is 2.08. The Morgan fingerprint density at radius 2 is 2.25 bits per heavy atom. The van der Waals surface area contributed by atoms with Crippen molar-refractivity contribution in [1.82, 2.24) is 20.2 Å². The predicted octanol–water partition coefficient (Wildman–Crippen LogP) is 1.42. The van der Waals surface area contributed by atoms with E-state index in [9.17, 15) is 4.79 Å². The lowest BCUT2D eigenvalue weighted by molar-refractivity contribution is 0.841. The van der Waals surface area contributed by atoms with Crippen molar-refractivity contribution in [1.29, 1.82) is 0 Å². The van der Waals surface area contributed by atoms with E-state index in [2.05, 4.69) is 27.1 Å². The molecule has 16 heavy (non-hydrogen) atoms. The van der Waals surface area contributed by atoms with Crippen LogP contribution in [0, 0.1) is 6.92 Å². The van der Waals surface area contributed by atoms with Crippen LogP contribution in [0.4, 0.5) is 0 Å². The van der Waals surface area contributed by atoms with Crippen LogP contribution >= 0.6 is 0 Å². The highest BCUT2D eigenvalue weighted by atomic mass is 16.1. The summed E-state index contributed by atoms with van der Waals surface area (Å²) in [5.41, 5.74) is 1.28. The van der Waals surface area contributed by atoms with E-state index in [-0.39, 0.29) is 5.43 Å². The van der Waals surface area contributed by atoms with Gasteiger partial charge in [0.1, 0.15) is 5.82 Å². The summed E-state index contributed by atoms with van der Waals surface area (Å²) in [4.78, 5) is 19.0. The van der Waals surface area contributed by atoms with Crippen LogP contribution < -0.4 is 5.43 Å². The predicted molar refractivity (Wildman–Crippen MR) is 61.2 cm³/mol. The Hall–Kier alpha value is -1.91. The van der Waals surface area contributed by atoms with Crippen molar-refractivity contribution in [2.75, 3.05) is 0 Å². The average Bonchev–Trinajstić information content (AvgIpc) is 2.67. The molecule has 0 atom stereocenters. The van der Waals surface area contributed by atoms with Gasteiger partial charge in [-0.2, -0.15) is 5.10 Å². The van der Waals surface area contributed by atoms with Crippen LogP contribution in [0.5, 0.6) is 0 Å². The first-order chi connectivity index (χ1) is 7.70. The van der Waals surface area contributed by atoms with Gasteiger partial charge in [-0.3, -0.25) is 9.89 Å². The van der Waals surface area contributed by atoms with Crippen molar-refractivity contribution in [3.8, 4) is 11.4 Å². The normalized spacial score (nSPS) is 10.6. The summed E-state index contributed by atoms with van der Waals surface area (Å²) in [6.45, 7) is 3.91. The molecule has 2 aromatic heterocycles. The van der Waals surface area contributed by atoms with Gasteiger partial charge in [-0.05, 0) is 13.3 Å². The number of aryl methyl sites for hydroxylation is 2. The Bertz CT molecular complexity index is 541. The summed E-state index contributed by atoms with van der Waals surface area (Å²) in [5.74, 6) is 1.28. The van der Waals surface area contributed by atoms with Gasteiger partial charge in [-0.1, -0.05) is 6.92 Å². The summed E-state index contributed by atoms with van der Waals surface area (Å²) in [5, 5.41) is 6.87. The van der Waals surface area contributed by atoms with Gasteiger partial charge >= 0.3 is 0 Å². The third-order valence-electron chi connectivity index (χ3n) is 2.32. The van der Waals surface area contributed by atoms with Gasteiger partial charge in [0.2, 0.25) is 0 Å². The van der Waals surface area contributed by atoms with Crippen molar-refractivity contribution < 1.29 is 0 Å². The molecule has 5 heteroatoms. The van der Waals surface area contributed by atoms with Gasteiger partial charge in [0, 0.05) is 24.4 Å². The maximum absolute atomic E-state index is 11.7. The Balaban J connectivity index is 2.39. The quantitative estimate of drug-likeness (QED) is 0.818. The monoisotopic (exact) mass is 218 g/mol. The number of nitrogens with zero attached hydrogens (tertiary/aromatic N) is 2. The second kappa shape index (κ2) is 4.30. The molecular weight excluding hydrogens is 204 g/mol. The minimum Gasteiger partial charge on any atom is -0.364 e. The van der Waals surface area contributed by atoms with E-state index >= 15 is 0 Å². The zero-order valence-electron chi connectivity index (χ0n) is 9.37. The molecule has 0 aliphatic rings. The number of hydrogen-bond acceptors (Lipinski definition) is 3. The third-order valence-corrected chi connectivity index (χ3v) is 2.32. The molecule has 0 unspecified atom stereocenters. The first-order valence-electron chi connectivity index (χ1n) is 5.31. The van der Waals surface area contributed by atoms with Crippen LogP contribution in [0.1, 0.15) is 24.9 Å². The second-order valence-electron chi connectivity index (χ2n) is 3.75. The molecule has 0 saturated heterocycles. The van der Waals surface area contributed by atoms with Crippen LogP contribution in [-0.4, -0.2) is 20.2 Å². The summed E-state index contributed by atoms with van der Waals surface area (Å²) < 4.78 is 0. The fraction of sp³-hybridized carbons (Fsp3) is 0.364. The maximum Gasteiger partial charge on any atom is 0.192 e. The smallest absolute Gasteiger partial charge is 0.192 e. The lowest BCUT2D eigenvalue weighted by Gasteiger charge is -1.95. The molecule has 2 aromatic rings. The Labute approximate surface area is 92.9 Å². The van der Waals surface area contributed by atoms with Crippen LogP contribution in [-0.2, 0) is 6.42 Å². The molecule has 0 amide bonds. The van der Waals surface area contributed by atoms with Crippen molar-refractivity contribution in [2.24, 2.45) is 0 Å². The molecule has 0 aliphatic carbocycles. The molecule has 0 spiro atoms. The molecule has 0 fully saturated rings. The topological polar surface area (TPSA) is 74.4 Å². The van der Waals surface area contributed by atoms with E-state index in [1.807, 2.05) is 6.92 Å². The lowest BCUT2D eigenvalue weighted by atomic mass is 10.2. The highest BCUT2D eigenvalue weighted by Crippen LogP contribution is 2.09. The molecule has 84 valence electrons. The number of nitrogens with one attached hydrogen (secondary N) is 2. The van der Waals surface area contributed by atoms with Gasteiger partial charge in [0.15, 0.2) is 11.3 Å². The van der Waals surface area contributed by atoms with Crippen molar-refractivity contribution in [3.05, 3.63) is 34.0 Å². The number of H-pyrrole nitrogens is 2. The largest absolute Gasteiger partial charge is 0.364 e. The molecule has 0 aliphatic heterocycles. The zero-order chi connectivity index (χ0) is 11.5. The minimum absolute atomic E-state index is 0.0571. The van der Waals surface area contributed by atoms with Gasteiger partial charge in [0.05, 0.1) is 5.56 Å². The van der Waals surface area contributed by atoms with E-state index in [0.717, 1.165) is 24.4 Å². The fourth-order valence-corrected chi connectivity index (χ4v) is 1.51. The van der Waals surface area contributed by atoms with Gasteiger partial charge in [-0.25, -0.2) is 4.98 Å². The van der Waals surface area contributed by atoms with Gasteiger partial charge in [0.25, 0.3) is 0 Å². The Morgan fingerprint density at radius 1 is 1.44 bits per heavy atom. The van der Waals surface area contributed by atoms with E-state index in [1.54, 1.807) is 12.3 Å². The Morgan fingerprint density at radius 3 is 2.94 bits per heavy atom. The SMILES string of the molecule is CCCc1nc(-c2c[nH]c(C)cc2=O)n[nH]1. The van der Waals surface area contributed by atoms with Crippen molar-refractivity contribution in [3.63, 3.8) is 0 Å². The maximum atomic E-state index is 11.7. The van der Waals surface area contributed by atoms with Gasteiger partial charge < -0.3 is 4.98 Å². The van der Waals surface area contributed by atoms with Crippen LogP contribution in [0.15, 0.2) is 17.1 Å². The first kappa shape index (κ1) is 10.6. The summed E-state index contributed by atoms with van der Waals surface area (Å²) in [6, 6.07) is 1.55. The highest BCUT2D eigenvalue weighted by molar-refractivity contribution is 5.52. The fourth-order valence-electron chi connectivity index (χ4n) is 1.51. The number of rotatable bonds is 3. The van der Waals surface area contributed by atoms with Crippen LogP contribution in [0.2, 0.25) is 0 Å². The van der Waals surface area contributed by atoms with Crippen LogP contribution in [0.3, 0.4) is 0 Å². The summed E-state index contributed by atoms with van der Waals surface area (Å²) in [7, 11) is 0. The van der Waals surface area contributed by atoms with E-state index in [1.165, 1.54) is 0 Å². The molecule has 2 rings (SSSR count). The Kier molecular flexibility index (Phi) is 2.85. The molecule has 0 bridgehead atoms. The molecule has 0 saturated carbocycles. The number of aromatic amines is 2. The minimum atomic E-state index is -0.0571.